The fourth-order valence-electron chi connectivity index (χ4n) is 1.93. The van der Waals surface area contributed by atoms with Crippen LogP contribution in [-0.4, -0.2) is 37.1 Å². The van der Waals surface area contributed by atoms with Gasteiger partial charge in [0, 0.05) is 38.1 Å². The first-order chi connectivity index (χ1) is 8.60. The van der Waals surface area contributed by atoms with E-state index < -0.39 is 0 Å². The molecule has 1 unspecified atom stereocenters. The molecule has 2 N–H and O–H groups in total. The zero-order valence-corrected chi connectivity index (χ0v) is 12.1. The van der Waals surface area contributed by atoms with Crippen molar-refractivity contribution in [3.63, 3.8) is 0 Å². The Bertz CT molecular complexity index is 381. The van der Waals surface area contributed by atoms with Crippen LogP contribution in [0.5, 0.6) is 0 Å². The number of hydrogen-bond acceptors (Lipinski definition) is 3. The van der Waals surface area contributed by atoms with E-state index in [1.165, 1.54) is 0 Å². The number of nitrogens with two attached hydrogens (primary N) is 1. The van der Waals surface area contributed by atoms with E-state index in [9.17, 15) is 0 Å². The Morgan fingerprint density at radius 1 is 1.67 bits per heavy atom. The second-order valence-electron chi connectivity index (χ2n) is 4.51. The van der Waals surface area contributed by atoms with Gasteiger partial charge >= 0.3 is 0 Å². The zero-order valence-electron chi connectivity index (χ0n) is 11.3. The predicted octanol–water partition coefficient (Wildman–Crippen LogP) is 2.55. The third-order valence-electron chi connectivity index (χ3n) is 2.94. The average molecular weight is 268 g/mol. The van der Waals surface area contributed by atoms with Crippen LogP contribution in [0.1, 0.15) is 13.3 Å². The molecule has 4 heteroatoms. The van der Waals surface area contributed by atoms with E-state index in [0.717, 1.165) is 17.8 Å². The van der Waals surface area contributed by atoms with Crippen LogP contribution >= 0.6 is 11.6 Å². The Labute approximate surface area is 115 Å². The molecule has 1 aliphatic heterocycles. The largest absolute Gasteiger partial charge is 0.363 e. The van der Waals surface area contributed by atoms with E-state index in [1.807, 2.05) is 50.4 Å². The van der Waals surface area contributed by atoms with Gasteiger partial charge in [0.05, 0.1) is 0 Å². The molecular weight excluding hydrogens is 246 g/mol. The summed E-state index contributed by atoms with van der Waals surface area (Å²) in [5.41, 5.74) is 7.41. The first-order valence-electron chi connectivity index (χ1n) is 6.16. The predicted molar refractivity (Wildman–Crippen MR) is 80.0 cm³/mol. The van der Waals surface area contributed by atoms with Gasteiger partial charge in [-0.25, -0.2) is 4.99 Å². The lowest BCUT2D eigenvalue weighted by atomic mass is 9.89. The summed E-state index contributed by atoms with van der Waals surface area (Å²) in [5, 5.41) is 0. The molecule has 0 aromatic rings. The molecule has 0 saturated heterocycles. The Balaban J connectivity index is 2.87. The van der Waals surface area contributed by atoms with Crippen LogP contribution in [0.3, 0.4) is 0 Å². The lowest BCUT2D eigenvalue weighted by molar-refractivity contribution is 0.477. The highest BCUT2D eigenvalue weighted by atomic mass is 35.5. The second kappa shape index (κ2) is 7.39. The highest BCUT2D eigenvalue weighted by molar-refractivity contribution is 6.19. The van der Waals surface area contributed by atoms with Crippen molar-refractivity contribution in [2.24, 2.45) is 16.6 Å². The lowest BCUT2D eigenvalue weighted by Gasteiger charge is -2.26. The number of alkyl halides is 1. The molecule has 1 aliphatic rings. The molecule has 0 saturated carbocycles. The summed E-state index contributed by atoms with van der Waals surface area (Å²) in [4.78, 5) is 6.35. The van der Waals surface area contributed by atoms with Gasteiger partial charge in [0.15, 0.2) is 0 Å². The number of allylic oxidation sites excluding steroid dienone is 2. The molecule has 0 radical (unpaired) electrons. The molecule has 0 aromatic heterocycles. The van der Waals surface area contributed by atoms with Gasteiger partial charge < -0.3 is 10.6 Å². The van der Waals surface area contributed by atoms with Crippen LogP contribution in [0.15, 0.2) is 40.7 Å². The summed E-state index contributed by atoms with van der Waals surface area (Å²) in [5.74, 6) is 1.72. The van der Waals surface area contributed by atoms with Gasteiger partial charge in [0.2, 0.25) is 0 Å². The van der Waals surface area contributed by atoms with E-state index in [2.05, 4.69) is 11.1 Å². The van der Waals surface area contributed by atoms with Crippen LogP contribution in [0, 0.1) is 5.92 Å². The molecule has 1 heterocycles. The van der Waals surface area contributed by atoms with Crippen molar-refractivity contribution in [3.8, 4) is 0 Å². The summed E-state index contributed by atoms with van der Waals surface area (Å²) >= 11 is 5.78. The van der Waals surface area contributed by atoms with Gasteiger partial charge in [-0.3, -0.25) is 0 Å². The van der Waals surface area contributed by atoms with Crippen molar-refractivity contribution in [3.05, 3.63) is 35.7 Å². The Morgan fingerprint density at radius 2 is 2.39 bits per heavy atom. The molecule has 0 amide bonds. The zero-order chi connectivity index (χ0) is 13.5. The molecule has 0 spiro atoms. The van der Waals surface area contributed by atoms with E-state index in [-0.39, 0.29) is 12.0 Å². The average Bonchev–Trinajstić information content (AvgIpc) is 2.38. The first-order valence-corrected chi connectivity index (χ1v) is 6.69. The normalized spacial score (nSPS) is 22.2. The SMILES string of the molecule is C/C=C\C(=C/CCl)C(N)[C@H]1C=C(N(C)C)N=CC1. The van der Waals surface area contributed by atoms with Crippen molar-refractivity contribution < 1.29 is 0 Å². The Hall–Kier alpha value is -1.06. The minimum absolute atomic E-state index is 0.0401. The summed E-state index contributed by atoms with van der Waals surface area (Å²) in [6, 6.07) is -0.0401. The van der Waals surface area contributed by atoms with Gasteiger partial charge in [0.1, 0.15) is 5.82 Å². The van der Waals surface area contributed by atoms with Gasteiger partial charge in [-0.15, -0.1) is 11.6 Å². The molecule has 0 aromatic carbocycles. The molecule has 3 nitrogen and oxygen atoms in total. The fraction of sp³-hybridized carbons (Fsp3) is 0.500. The topological polar surface area (TPSA) is 41.6 Å². The third kappa shape index (κ3) is 4.00. The van der Waals surface area contributed by atoms with Crippen molar-refractivity contribution in [2.75, 3.05) is 20.0 Å². The number of rotatable bonds is 5. The van der Waals surface area contributed by atoms with Crippen molar-refractivity contribution in [1.29, 1.82) is 0 Å². The monoisotopic (exact) mass is 267 g/mol. The molecule has 0 bridgehead atoms. The van der Waals surface area contributed by atoms with Gasteiger partial charge in [-0.1, -0.05) is 18.2 Å². The smallest absolute Gasteiger partial charge is 0.123 e. The lowest BCUT2D eigenvalue weighted by Crippen LogP contribution is -2.33. The summed E-state index contributed by atoms with van der Waals surface area (Å²) in [6.07, 6.45) is 10.9. The van der Waals surface area contributed by atoms with Gasteiger partial charge in [0.25, 0.3) is 0 Å². The number of halogens is 1. The number of hydrogen-bond donors (Lipinski definition) is 1. The molecule has 0 aliphatic carbocycles. The summed E-state index contributed by atoms with van der Waals surface area (Å²) in [6.45, 7) is 1.98. The highest BCUT2D eigenvalue weighted by Crippen LogP contribution is 2.22. The minimum Gasteiger partial charge on any atom is -0.363 e. The first kappa shape index (κ1) is 15.0. The fourth-order valence-corrected chi connectivity index (χ4v) is 2.11. The second-order valence-corrected chi connectivity index (χ2v) is 4.82. The quantitative estimate of drug-likeness (QED) is 0.614. The van der Waals surface area contributed by atoms with E-state index >= 15 is 0 Å². The van der Waals surface area contributed by atoms with Gasteiger partial charge in [-0.05, 0) is 25.0 Å². The van der Waals surface area contributed by atoms with E-state index in [4.69, 9.17) is 17.3 Å². The van der Waals surface area contributed by atoms with Crippen LogP contribution in [-0.2, 0) is 0 Å². The highest BCUT2D eigenvalue weighted by Gasteiger charge is 2.20. The van der Waals surface area contributed by atoms with E-state index in [0.29, 0.717) is 5.88 Å². The Morgan fingerprint density at radius 3 is 2.94 bits per heavy atom. The van der Waals surface area contributed by atoms with Crippen LogP contribution < -0.4 is 5.73 Å². The molecule has 2 atom stereocenters. The molecule has 0 fully saturated rings. The summed E-state index contributed by atoms with van der Waals surface area (Å²) < 4.78 is 0. The summed E-state index contributed by atoms with van der Waals surface area (Å²) in [7, 11) is 3.97. The maximum absolute atomic E-state index is 6.32. The number of aliphatic imine (C=N–C) groups is 1. The molecular formula is C14H22ClN3. The van der Waals surface area contributed by atoms with E-state index in [1.54, 1.807) is 0 Å². The van der Waals surface area contributed by atoms with Crippen LogP contribution in [0.4, 0.5) is 0 Å². The van der Waals surface area contributed by atoms with Crippen molar-refractivity contribution in [2.45, 2.75) is 19.4 Å². The molecule has 18 heavy (non-hydrogen) atoms. The number of nitrogens with zero attached hydrogens (tertiary/aromatic N) is 2. The van der Waals surface area contributed by atoms with Crippen molar-refractivity contribution in [1.82, 2.24) is 4.90 Å². The standard InChI is InChI=1S/C14H22ClN3/c1-4-5-11(6-8-15)14(16)12-7-9-17-13(10-12)18(2)3/h4-6,9-10,12,14H,7-8,16H2,1-3H3/b5-4-,11-6+/t12-,14?/m1/s1. The van der Waals surface area contributed by atoms with Gasteiger partial charge in [-0.2, -0.15) is 0 Å². The Kier molecular flexibility index (Phi) is 6.16. The van der Waals surface area contributed by atoms with Crippen LogP contribution in [0.25, 0.3) is 0 Å². The third-order valence-corrected chi connectivity index (χ3v) is 3.09. The minimum atomic E-state index is -0.0401. The maximum atomic E-state index is 6.32. The van der Waals surface area contributed by atoms with Crippen LogP contribution in [0.2, 0.25) is 0 Å². The van der Waals surface area contributed by atoms with Crippen molar-refractivity contribution >= 4 is 17.8 Å². The maximum Gasteiger partial charge on any atom is 0.123 e. The molecule has 1 rings (SSSR count). The molecule has 100 valence electrons.